The minimum absolute atomic E-state index is 0.570. The van der Waals surface area contributed by atoms with Crippen LogP contribution in [0, 0.1) is 13.8 Å². The molecule has 0 aliphatic carbocycles. The van der Waals surface area contributed by atoms with E-state index in [0.29, 0.717) is 6.54 Å². The van der Waals surface area contributed by atoms with Crippen molar-refractivity contribution in [2.45, 2.75) is 20.3 Å². The lowest BCUT2D eigenvalue weighted by molar-refractivity contribution is -0.131. The highest BCUT2D eigenvalue weighted by molar-refractivity contribution is 5.79. The van der Waals surface area contributed by atoms with E-state index < -0.39 is 5.97 Å². The van der Waals surface area contributed by atoms with Crippen LogP contribution >= 0.6 is 0 Å². The van der Waals surface area contributed by atoms with Crippen LogP contribution in [0.25, 0.3) is 0 Å². The van der Waals surface area contributed by atoms with Gasteiger partial charge >= 0.3 is 5.97 Å². The van der Waals surface area contributed by atoms with Gasteiger partial charge in [0.25, 0.3) is 0 Å². The maximum atomic E-state index is 10.3. The Morgan fingerprint density at radius 3 is 2.53 bits per heavy atom. The number of hydrogen-bond donors (Lipinski definition) is 2. The van der Waals surface area contributed by atoms with Crippen LogP contribution in [0.3, 0.4) is 0 Å². The SMILES string of the molecule is COc1c(C)cc(CCNC/C=C/C(=O)O)cc1C. The van der Waals surface area contributed by atoms with Gasteiger partial charge in [0.15, 0.2) is 0 Å². The van der Waals surface area contributed by atoms with E-state index in [4.69, 9.17) is 9.84 Å². The third kappa shape index (κ3) is 5.14. The molecule has 0 heterocycles. The summed E-state index contributed by atoms with van der Waals surface area (Å²) in [5.41, 5.74) is 3.54. The number of aliphatic carboxylic acids is 1. The lowest BCUT2D eigenvalue weighted by Gasteiger charge is -2.11. The highest BCUT2D eigenvalue weighted by atomic mass is 16.5. The second kappa shape index (κ2) is 7.59. The predicted octanol–water partition coefficient (Wildman–Crippen LogP) is 2.08. The number of ether oxygens (including phenoxy) is 1. The minimum Gasteiger partial charge on any atom is -0.496 e. The molecule has 0 spiro atoms. The highest BCUT2D eigenvalue weighted by Crippen LogP contribution is 2.24. The molecule has 1 aromatic rings. The van der Waals surface area contributed by atoms with Gasteiger partial charge in [-0.1, -0.05) is 18.2 Å². The van der Waals surface area contributed by atoms with Crippen LogP contribution in [-0.2, 0) is 11.2 Å². The summed E-state index contributed by atoms with van der Waals surface area (Å²) in [6.07, 6.45) is 3.66. The molecule has 2 N–H and O–H groups in total. The Bertz CT molecular complexity index is 443. The van der Waals surface area contributed by atoms with Crippen LogP contribution in [0.2, 0.25) is 0 Å². The monoisotopic (exact) mass is 263 g/mol. The van der Waals surface area contributed by atoms with Crippen molar-refractivity contribution in [2.24, 2.45) is 0 Å². The van der Waals surface area contributed by atoms with Gasteiger partial charge < -0.3 is 15.2 Å². The second-order valence-corrected chi connectivity index (χ2v) is 4.46. The summed E-state index contributed by atoms with van der Waals surface area (Å²) in [6.45, 7) is 5.46. The number of carboxylic acids is 1. The van der Waals surface area contributed by atoms with Crippen LogP contribution < -0.4 is 10.1 Å². The Morgan fingerprint density at radius 1 is 1.37 bits per heavy atom. The van der Waals surface area contributed by atoms with E-state index in [-0.39, 0.29) is 0 Å². The van der Waals surface area contributed by atoms with Gasteiger partial charge in [-0.15, -0.1) is 0 Å². The summed E-state index contributed by atoms with van der Waals surface area (Å²) in [5.74, 6) is 0.0318. The number of nitrogens with one attached hydrogen (secondary N) is 1. The van der Waals surface area contributed by atoms with Crippen LogP contribution in [0.4, 0.5) is 0 Å². The number of carbonyl (C=O) groups is 1. The van der Waals surface area contributed by atoms with Crippen molar-refractivity contribution in [3.8, 4) is 5.75 Å². The number of aryl methyl sites for hydroxylation is 2. The Morgan fingerprint density at radius 2 is 2.00 bits per heavy atom. The molecule has 0 aliphatic rings. The zero-order valence-electron chi connectivity index (χ0n) is 11.7. The maximum absolute atomic E-state index is 10.3. The van der Waals surface area contributed by atoms with Crippen LogP contribution in [0.5, 0.6) is 5.75 Å². The standard InChI is InChI=1S/C15H21NO3/c1-11-9-13(10-12(2)15(11)19-3)6-8-16-7-4-5-14(17)18/h4-5,9-10,16H,6-8H2,1-3H3,(H,17,18)/b5-4+. The summed E-state index contributed by atoms with van der Waals surface area (Å²) >= 11 is 0. The third-order valence-electron chi connectivity index (χ3n) is 2.84. The van der Waals surface area contributed by atoms with Crippen molar-refractivity contribution < 1.29 is 14.6 Å². The smallest absolute Gasteiger partial charge is 0.328 e. The molecule has 0 aliphatic heterocycles. The van der Waals surface area contributed by atoms with Gasteiger partial charge in [-0.25, -0.2) is 4.79 Å². The van der Waals surface area contributed by atoms with Crippen LogP contribution in [0.15, 0.2) is 24.3 Å². The van der Waals surface area contributed by atoms with E-state index in [9.17, 15) is 4.79 Å². The molecule has 0 amide bonds. The molecule has 0 bridgehead atoms. The quantitative estimate of drug-likeness (QED) is 0.584. The third-order valence-corrected chi connectivity index (χ3v) is 2.84. The van der Waals surface area contributed by atoms with Crippen molar-refractivity contribution in [1.29, 1.82) is 0 Å². The lowest BCUT2D eigenvalue weighted by Crippen LogP contribution is -2.17. The molecule has 0 atom stereocenters. The molecule has 0 aromatic heterocycles. The van der Waals surface area contributed by atoms with Gasteiger partial charge in [0.2, 0.25) is 0 Å². The van der Waals surface area contributed by atoms with Gasteiger partial charge in [-0.3, -0.25) is 0 Å². The molecular weight excluding hydrogens is 242 g/mol. The van der Waals surface area contributed by atoms with Crippen LogP contribution in [0.1, 0.15) is 16.7 Å². The summed E-state index contributed by atoms with van der Waals surface area (Å²) in [6, 6.07) is 4.25. The number of rotatable bonds is 7. The lowest BCUT2D eigenvalue weighted by atomic mass is 10.0. The highest BCUT2D eigenvalue weighted by Gasteiger charge is 2.04. The van der Waals surface area contributed by atoms with Crippen LogP contribution in [-0.4, -0.2) is 31.3 Å². The molecular formula is C15H21NO3. The van der Waals surface area contributed by atoms with Gasteiger partial charge in [-0.2, -0.15) is 0 Å². The van der Waals surface area contributed by atoms with E-state index in [2.05, 4.69) is 17.4 Å². The first-order chi connectivity index (χ1) is 9.04. The average Bonchev–Trinajstić information content (AvgIpc) is 2.33. The first-order valence-electron chi connectivity index (χ1n) is 6.29. The molecule has 0 saturated heterocycles. The molecule has 4 heteroatoms. The Hall–Kier alpha value is -1.81. The molecule has 4 nitrogen and oxygen atoms in total. The predicted molar refractivity (Wildman–Crippen MR) is 75.8 cm³/mol. The van der Waals surface area contributed by atoms with Crippen molar-refractivity contribution in [3.63, 3.8) is 0 Å². The number of carboxylic acid groups (broad SMARTS) is 1. The topological polar surface area (TPSA) is 58.6 Å². The first-order valence-corrected chi connectivity index (χ1v) is 6.29. The fourth-order valence-corrected chi connectivity index (χ4v) is 2.08. The number of hydrogen-bond acceptors (Lipinski definition) is 3. The molecule has 0 unspecified atom stereocenters. The van der Waals surface area contributed by atoms with Gasteiger partial charge in [0, 0.05) is 12.6 Å². The van der Waals surface area contributed by atoms with E-state index >= 15 is 0 Å². The Balaban J connectivity index is 2.44. The fraction of sp³-hybridized carbons (Fsp3) is 0.400. The number of methoxy groups -OCH3 is 1. The zero-order valence-corrected chi connectivity index (χ0v) is 11.7. The molecule has 104 valence electrons. The largest absolute Gasteiger partial charge is 0.496 e. The molecule has 1 aromatic carbocycles. The zero-order chi connectivity index (χ0) is 14.3. The maximum Gasteiger partial charge on any atom is 0.328 e. The van der Waals surface area contributed by atoms with Gasteiger partial charge in [-0.05, 0) is 43.5 Å². The summed E-state index contributed by atoms with van der Waals surface area (Å²) in [4.78, 5) is 10.3. The molecule has 0 radical (unpaired) electrons. The summed E-state index contributed by atoms with van der Waals surface area (Å²) in [7, 11) is 1.69. The molecule has 0 saturated carbocycles. The molecule has 0 fully saturated rings. The second-order valence-electron chi connectivity index (χ2n) is 4.46. The Labute approximate surface area is 114 Å². The van der Waals surface area contributed by atoms with E-state index in [1.54, 1.807) is 13.2 Å². The Kier molecular flexibility index (Phi) is 6.09. The summed E-state index contributed by atoms with van der Waals surface area (Å²) < 4.78 is 5.33. The van der Waals surface area contributed by atoms with E-state index in [1.165, 1.54) is 5.56 Å². The number of benzene rings is 1. The summed E-state index contributed by atoms with van der Waals surface area (Å²) in [5, 5.41) is 11.6. The molecule has 19 heavy (non-hydrogen) atoms. The van der Waals surface area contributed by atoms with Crippen molar-refractivity contribution >= 4 is 5.97 Å². The van der Waals surface area contributed by atoms with E-state index in [1.807, 2.05) is 13.8 Å². The van der Waals surface area contributed by atoms with Crippen molar-refractivity contribution in [2.75, 3.05) is 20.2 Å². The van der Waals surface area contributed by atoms with Crippen molar-refractivity contribution in [3.05, 3.63) is 41.0 Å². The average molecular weight is 263 g/mol. The fourth-order valence-electron chi connectivity index (χ4n) is 2.08. The first kappa shape index (κ1) is 15.2. The van der Waals surface area contributed by atoms with Crippen molar-refractivity contribution in [1.82, 2.24) is 5.32 Å². The van der Waals surface area contributed by atoms with Gasteiger partial charge in [0.05, 0.1) is 7.11 Å². The molecule has 1 rings (SSSR count). The normalized spacial score (nSPS) is 10.9. The van der Waals surface area contributed by atoms with E-state index in [0.717, 1.165) is 35.9 Å². The van der Waals surface area contributed by atoms with Gasteiger partial charge in [0.1, 0.15) is 5.75 Å². The minimum atomic E-state index is -0.914.